The Morgan fingerprint density at radius 2 is 2.16 bits per heavy atom. The maximum atomic E-state index is 13.7. The number of aliphatic hydroxyl groups excluding tert-OH is 1. The average molecular weight is 264 g/mol. The van der Waals surface area contributed by atoms with Crippen molar-refractivity contribution < 1.29 is 14.2 Å². The summed E-state index contributed by atoms with van der Waals surface area (Å²) in [4.78, 5) is 0. The first-order chi connectivity index (χ1) is 9.13. The minimum Gasteiger partial charge on any atom is -0.484 e. The van der Waals surface area contributed by atoms with Gasteiger partial charge in [-0.3, -0.25) is 4.68 Å². The Hall–Kier alpha value is -1.88. The first kappa shape index (κ1) is 13.5. The third kappa shape index (κ3) is 3.12. The molecular formula is C14H17FN2O2. The van der Waals surface area contributed by atoms with Gasteiger partial charge < -0.3 is 9.84 Å². The number of ether oxygens (including phenoxy) is 1. The van der Waals surface area contributed by atoms with Crippen LogP contribution in [0.1, 0.15) is 23.9 Å². The smallest absolute Gasteiger partial charge is 0.165 e. The minimum atomic E-state index is -0.467. The molecule has 1 N–H and O–H groups in total. The van der Waals surface area contributed by atoms with Gasteiger partial charge in [-0.05, 0) is 37.6 Å². The molecule has 0 saturated heterocycles. The molecule has 102 valence electrons. The third-order valence-corrected chi connectivity index (χ3v) is 2.84. The van der Waals surface area contributed by atoms with Crippen molar-refractivity contribution in [3.05, 3.63) is 47.0 Å². The van der Waals surface area contributed by atoms with E-state index >= 15 is 0 Å². The second-order valence-electron chi connectivity index (χ2n) is 4.30. The number of nitrogens with zero attached hydrogens (tertiary/aromatic N) is 2. The molecule has 4 nitrogen and oxygen atoms in total. The molecule has 0 aliphatic rings. The zero-order valence-electron chi connectivity index (χ0n) is 11.1. The lowest BCUT2D eigenvalue weighted by Crippen LogP contribution is -2.06. The van der Waals surface area contributed by atoms with Crippen LogP contribution in [0.15, 0.2) is 24.3 Å². The Morgan fingerprint density at radius 1 is 1.37 bits per heavy atom. The number of aromatic nitrogens is 2. The zero-order valence-corrected chi connectivity index (χ0v) is 11.1. The molecule has 5 heteroatoms. The van der Waals surface area contributed by atoms with E-state index in [0.717, 1.165) is 17.9 Å². The second-order valence-corrected chi connectivity index (χ2v) is 4.30. The fraction of sp³-hybridized carbons (Fsp3) is 0.357. The Bertz CT molecular complexity index is 567. The highest BCUT2D eigenvalue weighted by atomic mass is 19.1. The van der Waals surface area contributed by atoms with E-state index in [4.69, 9.17) is 9.84 Å². The van der Waals surface area contributed by atoms with Gasteiger partial charge in [0, 0.05) is 6.54 Å². The van der Waals surface area contributed by atoms with Crippen molar-refractivity contribution in [2.45, 2.75) is 33.6 Å². The highest BCUT2D eigenvalue weighted by molar-refractivity contribution is 5.29. The quantitative estimate of drug-likeness (QED) is 0.902. The molecule has 0 aliphatic carbocycles. The maximum Gasteiger partial charge on any atom is 0.165 e. The van der Waals surface area contributed by atoms with Gasteiger partial charge in [0.05, 0.1) is 18.0 Å². The van der Waals surface area contributed by atoms with Crippen molar-refractivity contribution in [3.63, 3.8) is 0 Å². The Labute approximate surface area is 111 Å². The highest BCUT2D eigenvalue weighted by Gasteiger charge is 2.08. The monoisotopic (exact) mass is 264 g/mol. The lowest BCUT2D eigenvalue weighted by atomic mass is 10.2. The van der Waals surface area contributed by atoms with Crippen molar-refractivity contribution >= 4 is 0 Å². The zero-order chi connectivity index (χ0) is 13.8. The summed E-state index contributed by atoms with van der Waals surface area (Å²) < 4.78 is 21.0. The van der Waals surface area contributed by atoms with Crippen LogP contribution in [0.4, 0.5) is 4.39 Å². The van der Waals surface area contributed by atoms with E-state index in [-0.39, 0.29) is 19.0 Å². The first-order valence-electron chi connectivity index (χ1n) is 6.19. The summed E-state index contributed by atoms with van der Waals surface area (Å²) >= 11 is 0. The lowest BCUT2D eigenvalue weighted by Gasteiger charge is -2.09. The van der Waals surface area contributed by atoms with Gasteiger partial charge in [0.15, 0.2) is 11.6 Å². The molecule has 1 aromatic carbocycles. The van der Waals surface area contributed by atoms with E-state index in [1.807, 2.05) is 24.6 Å². The Morgan fingerprint density at radius 3 is 2.79 bits per heavy atom. The molecule has 0 unspecified atom stereocenters. The SMILES string of the molecule is CCn1nc(C)cc1COc1ccc(CO)cc1F. The maximum absolute atomic E-state index is 13.7. The number of benzene rings is 1. The number of hydrogen-bond donors (Lipinski definition) is 1. The molecule has 0 fully saturated rings. The summed E-state index contributed by atoms with van der Waals surface area (Å²) in [5, 5.41) is 13.2. The molecule has 2 aromatic rings. The number of halogens is 1. The van der Waals surface area contributed by atoms with Crippen molar-refractivity contribution in [2.75, 3.05) is 0 Å². The summed E-state index contributed by atoms with van der Waals surface area (Å²) in [7, 11) is 0. The first-order valence-corrected chi connectivity index (χ1v) is 6.19. The average Bonchev–Trinajstić information content (AvgIpc) is 2.77. The van der Waals surface area contributed by atoms with Crippen LogP contribution in [0.5, 0.6) is 5.75 Å². The van der Waals surface area contributed by atoms with Crippen LogP contribution in [0.2, 0.25) is 0 Å². The molecule has 2 rings (SSSR count). The van der Waals surface area contributed by atoms with Crippen LogP contribution in [-0.2, 0) is 19.8 Å². The van der Waals surface area contributed by atoms with Crippen molar-refractivity contribution in [3.8, 4) is 5.75 Å². The highest BCUT2D eigenvalue weighted by Crippen LogP contribution is 2.20. The summed E-state index contributed by atoms with van der Waals surface area (Å²) in [5.41, 5.74) is 2.35. The van der Waals surface area contributed by atoms with Crippen LogP contribution in [0, 0.1) is 12.7 Å². The fourth-order valence-corrected chi connectivity index (χ4v) is 1.90. The molecule has 0 amide bonds. The van der Waals surface area contributed by atoms with E-state index in [9.17, 15) is 4.39 Å². The fourth-order valence-electron chi connectivity index (χ4n) is 1.90. The number of aliphatic hydroxyl groups is 1. The molecule has 0 radical (unpaired) electrons. The largest absolute Gasteiger partial charge is 0.484 e. The van der Waals surface area contributed by atoms with Crippen molar-refractivity contribution in [1.29, 1.82) is 0 Å². The topological polar surface area (TPSA) is 47.3 Å². The molecule has 0 atom stereocenters. The number of rotatable bonds is 5. The molecule has 0 bridgehead atoms. The van der Waals surface area contributed by atoms with E-state index in [0.29, 0.717) is 5.56 Å². The molecule has 1 aromatic heterocycles. The van der Waals surface area contributed by atoms with Crippen molar-refractivity contribution in [2.24, 2.45) is 0 Å². The van der Waals surface area contributed by atoms with Crippen molar-refractivity contribution in [1.82, 2.24) is 9.78 Å². The van der Waals surface area contributed by atoms with Gasteiger partial charge in [-0.2, -0.15) is 5.10 Å². The summed E-state index contributed by atoms with van der Waals surface area (Å²) in [5.74, 6) is -0.287. The number of hydrogen-bond acceptors (Lipinski definition) is 3. The predicted molar refractivity (Wildman–Crippen MR) is 69.3 cm³/mol. The molecule has 0 spiro atoms. The Kier molecular flexibility index (Phi) is 4.16. The van der Waals surface area contributed by atoms with Crippen LogP contribution < -0.4 is 4.74 Å². The summed E-state index contributed by atoms with van der Waals surface area (Å²) in [6.45, 7) is 4.74. The van der Waals surface area contributed by atoms with Gasteiger partial charge in [0.1, 0.15) is 6.61 Å². The van der Waals surface area contributed by atoms with Gasteiger partial charge in [0.25, 0.3) is 0 Å². The molecular weight excluding hydrogens is 247 g/mol. The van der Waals surface area contributed by atoms with Crippen LogP contribution in [0.3, 0.4) is 0 Å². The van der Waals surface area contributed by atoms with E-state index in [1.165, 1.54) is 12.1 Å². The van der Waals surface area contributed by atoms with E-state index < -0.39 is 5.82 Å². The lowest BCUT2D eigenvalue weighted by molar-refractivity contribution is 0.272. The van der Waals surface area contributed by atoms with E-state index in [2.05, 4.69) is 5.10 Å². The molecule has 0 saturated carbocycles. The van der Waals surface area contributed by atoms with Gasteiger partial charge in [-0.25, -0.2) is 4.39 Å². The van der Waals surface area contributed by atoms with Gasteiger partial charge in [-0.1, -0.05) is 6.07 Å². The number of aryl methyl sites for hydroxylation is 2. The van der Waals surface area contributed by atoms with Gasteiger partial charge in [-0.15, -0.1) is 0 Å². The van der Waals surface area contributed by atoms with Crippen LogP contribution >= 0.6 is 0 Å². The third-order valence-electron chi connectivity index (χ3n) is 2.84. The van der Waals surface area contributed by atoms with Crippen LogP contribution in [-0.4, -0.2) is 14.9 Å². The molecule has 0 aliphatic heterocycles. The van der Waals surface area contributed by atoms with Gasteiger partial charge >= 0.3 is 0 Å². The minimum absolute atomic E-state index is 0.179. The Balaban J connectivity index is 2.09. The summed E-state index contributed by atoms with van der Waals surface area (Å²) in [6, 6.07) is 6.36. The predicted octanol–water partition coefficient (Wildman–Crippen LogP) is 2.42. The summed E-state index contributed by atoms with van der Waals surface area (Å²) in [6.07, 6.45) is 0. The van der Waals surface area contributed by atoms with Crippen LogP contribution in [0.25, 0.3) is 0 Å². The molecule has 19 heavy (non-hydrogen) atoms. The normalized spacial score (nSPS) is 10.7. The second kappa shape index (κ2) is 5.84. The van der Waals surface area contributed by atoms with E-state index in [1.54, 1.807) is 6.07 Å². The standard InChI is InChI=1S/C14H17FN2O2/c1-3-17-12(6-10(2)16-17)9-19-14-5-4-11(8-18)7-13(14)15/h4-7,18H,3,8-9H2,1-2H3. The molecule has 1 heterocycles. The van der Waals surface area contributed by atoms with Gasteiger partial charge in [0.2, 0.25) is 0 Å².